The molecule has 0 radical (unpaired) electrons. The van der Waals surface area contributed by atoms with E-state index in [0.717, 1.165) is 22.4 Å². The highest BCUT2D eigenvalue weighted by Gasteiger charge is 2.11. The van der Waals surface area contributed by atoms with Crippen molar-refractivity contribution in [2.45, 2.75) is 25.9 Å². The third-order valence-corrected chi connectivity index (χ3v) is 6.05. The van der Waals surface area contributed by atoms with Gasteiger partial charge in [-0.25, -0.2) is 0 Å². The molecular formula is C21H17BrO3S. The van der Waals surface area contributed by atoms with Gasteiger partial charge in [0.1, 0.15) is 23.9 Å². The summed E-state index contributed by atoms with van der Waals surface area (Å²) in [6.45, 7) is 0.373. The van der Waals surface area contributed by atoms with Crippen molar-refractivity contribution in [2.24, 2.45) is 0 Å². The number of carbonyl (C=O) groups is 1. The van der Waals surface area contributed by atoms with Crippen LogP contribution in [0.4, 0.5) is 0 Å². The number of thiophene rings is 1. The fourth-order valence-corrected chi connectivity index (χ4v) is 4.38. The van der Waals surface area contributed by atoms with Gasteiger partial charge in [-0.1, -0.05) is 6.07 Å². The Bertz CT molecular complexity index is 967. The lowest BCUT2D eigenvalue weighted by Gasteiger charge is -2.06. The number of allylic oxidation sites excluding steroid dienone is 1. The molecule has 0 fully saturated rings. The zero-order valence-electron chi connectivity index (χ0n) is 14.0. The van der Waals surface area contributed by atoms with Crippen molar-refractivity contribution >= 4 is 39.1 Å². The summed E-state index contributed by atoms with van der Waals surface area (Å²) in [6.07, 6.45) is 6.76. The zero-order valence-corrected chi connectivity index (χ0v) is 16.4. The molecule has 2 heterocycles. The van der Waals surface area contributed by atoms with Crippen LogP contribution in [0.1, 0.15) is 38.7 Å². The van der Waals surface area contributed by atoms with Crippen molar-refractivity contribution in [1.29, 1.82) is 0 Å². The number of ketones is 1. The Balaban J connectivity index is 1.35. The topological polar surface area (TPSA) is 39.4 Å². The highest BCUT2D eigenvalue weighted by molar-refractivity contribution is 9.10. The van der Waals surface area contributed by atoms with E-state index in [1.54, 1.807) is 6.08 Å². The Kier molecular flexibility index (Phi) is 5.09. The van der Waals surface area contributed by atoms with E-state index >= 15 is 0 Å². The third kappa shape index (κ3) is 4.00. The molecule has 0 N–H and O–H groups in total. The predicted octanol–water partition coefficient (Wildman–Crippen LogP) is 6.07. The van der Waals surface area contributed by atoms with Crippen LogP contribution in [-0.2, 0) is 19.4 Å². The van der Waals surface area contributed by atoms with Gasteiger partial charge in [0, 0.05) is 9.85 Å². The first-order valence-corrected chi connectivity index (χ1v) is 10.1. The van der Waals surface area contributed by atoms with Crippen LogP contribution in [0, 0.1) is 0 Å². The molecule has 132 valence electrons. The largest absolute Gasteiger partial charge is 0.486 e. The second kappa shape index (κ2) is 7.64. The lowest BCUT2D eigenvalue weighted by atomic mass is 10.1. The molecule has 1 aromatic carbocycles. The van der Waals surface area contributed by atoms with E-state index in [1.165, 1.54) is 41.4 Å². The minimum Gasteiger partial charge on any atom is -0.486 e. The van der Waals surface area contributed by atoms with E-state index in [9.17, 15) is 4.79 Å². The maximum absolute atomic E-state index is 12.1. The van der Waals surface area contributed by atoms with Gasteiger partial charge >= 0.3 is 0 Å². The van der Waals surface area contributed by atoms with Crippen LogP contribution in [0.3, 0.4) is 0 Å². The van der Waals surface area contributed by atoms with Crippen LogP contribution in [0.2, 0.25) is 0 Å². The zero-order chi connectivity index (χ0) is 17.9. The van der Waals surface area contributed by atoms with Crippen LogP contribution >= 0.6 is 27.3 Å². The van der Waals surface area contributed by atoms with E-state index < -0.39 is 0 Å². The average Bonchev–Trinajstić information content (AvgIpc) is 3.38. The molecule has 0 amide bonds. The van der Waals surface area contributed by atoms with Gasteiger partial charge in [-0.15, -0.1) is 11.3 Å². The van der Waals surface area contributed by atoms with Gasteiger partial charge in [-0.05, 0) is 88.8 Å². The molecule has 2 aromatic heterocycles. The number of furan rings is 1. The van der Waals surface area contributed by atoms with Crippen LogP contribution in [-0.4, -0.2) is 5.78 Å². The second-order valence-corrected chi connectivity index (χ2v) is 8.03. The van der Waals surface area contributed by atoms with Gasteiger partial charge in [0.2, 0.25) is 0 Å². The summed E-state index contributed by atoms with van der Waals surface area (Å²) >= 11 is 4.77. The number of halogens is 1. The molecule has 3 nitrogen and oxygen atoms in total. The molecule has 5 heteroatoms. The van der Waals surface area contributed by atoms with Crippen molar-refractivity contribution in [2.75, 3.05) is 0 Å². The number of aryl methyl sites for hydroxylation is 2. The summed E-state index contributed by atoms with van der Waals surface area (Å²) in [5.41, 5.74) is 2.83. The molecule has 0 aliphatic heterocycles. The highest BCUT2D eigenvalue weighted by Crippen LogP contribution is 2.26. The number of hydrogen-bond acceptors (Lipinski definition) is 4. The second-order valence-electron chi connectivity index (χ2n) is 6.20. The Hall–Kier alpha value is -2.11. The molecule has 1 aliphatic carbocycles. The SMILES string of the molecule is O=C(/C=C/c1ccc(COc2ccc3c(c2)CCC3)o1)c1cc(Br)cs1. The molecule has 26 heavy (non-hydrogen) atoms. The summed E-state index contributed by atoms with van der Waals surface area (Å²) in [7, 11) is 0. The minimum atomic E-state index is -0.0342. The van der Waals surface area contributed by atoms with E-state index in [4.69, 9.17) is 9.15 Å². The third-order valence-electron chi connectivity index (χ3n) is 4.34. The van der Waals surface area contributed by atoms with Gasteiger partial charge in [0.05, 0.1) is 4.88 Å². The first kappa shape index (κ1) is 17.3. The Labute approximate surface area is 164 Å². The van der Waals surface area contributed by atoms with Gasteiger partial charge in [0.15, 0.2) is 5.78 Å². The monoisotopic (exact) mass is 428 g/mol. The summed E-state index contributed by atoms with van der Waals surface area (Å²) < 4.78 is 12.5. The Morgan fingerprint density at radius 1 is 1.19 bits per heavy atom. The van der Waals surface area contributed by atoms with E-state index in [2.05, 4.69) is 28.1 Å². The number of hydrogen-bond donors (Lipinski definition) is 0. The van der Waals surface area contributed by atoms with Crippen molar-refractivity contribution < 1.29 is 13.9 Å². The normalized spacial score (nSPS) is 13.3. The first-order valence-electron chi connectivity index (χ1n) is 8.47. The van der Waals surface area contributed by atoms with E-state index in [1.807, 2.05) is 29.6 Å². The molecule has 0 spiro atoms. The van der Waals surface area contributed by atoms with Gasteiger partial charge in [-0.2, -0.15) is 0 Å². The molecule has 4 rings (SSSR count). The number of benzene rings is 1. The lowest BCUT2D eigenvalue weighted by Crippen LogP contribution is -1.94. The van der Waals surface area contributed by atoms with Crippen LogP contribution < -0.4 is 4.74 Å². The van der Waals surface area contributed by atoms with Crippen molar-refractivity contribution in [3.05, 3.63) is 79.9 Å². The summed E-state index contributed by atoms with van der Waals surface area (Å²) in [4.78, 5) is 12.8. The fraction of sp³-hybridized carbons (Fsp3) is 0.190. The fourth-order valence-electron chi connectivity index (χ4n) is 3.04. The number of ether oxygens (including phenoxy) is 1. The maximum atomic E-state index is 12.1. The summed E-state index contributed by atoms with van der Waals surface area (Å²) in [5.74, 6) is 2.21. The maximum Gasteiger partial charge on any atom is 0.195 e. The molecule has 0 unspecified atom stereocenters. The smallest absolute Gasteiger partial charge is 0.195 e. The first-order chi connectivity index (χ1) is 12.7. The molecule has 0 saturated heterocycles. The summed E-state index contributed by atoms with van der Waals surface area (Å²) in [6, 6.07) is 11.8. The molecule has 0 saturated carbocycles. The van der Waals surface area contributed by atoms with Crippen molar-refractivity contribution in [1.82, 2.24) is 0 Å². The lowest BCUT2D eigenvalue weighted by molar-refractivity contribution is 0.105. The summed E-state index contributed by atoms with van der Waals surface area (Å²) in [5, 5.41) is 1.89. The van der Waals surface area contributed by atoms with Gasteiger partial charge in [0.25, 0.3) is 0 Å². The molecule has 3 aromatic rings. The van der Waals surface area contributed by atoms with Gasteiger partial charge < -0.3 is 9.15 Å². The number of carbonyl (C=O) groups excluding carboxylic acids is 1. The molecule has 0 bridgehead atoms. The van der Waals surface area contributed by atoms with Crippen LogP contribution in [0.5, 0.6) is 5.75 Å². The van der Waals surface area contributed by atoms with Gasteiger partial charge in [-0.3, -0.25) is 4.79 Å². The molecular weight excluding hydrogens is 412 g/mol. The van der Waals surface area contributed by atoms with E-state index in [0.29, 0.717) is 17.2 Å². The molecule has 1 aliphatic rings. The quantitative estimate of drug-likeness (QED) is 0.353. The minimum absolute atomic E-state index is 0.0342. The average molecular weight is 429 g/mol. The molecule has 0 atom stereocenters. The predicted molar refractivity (Wildman–Crippen MR) is 107 cm³/mol. The Morgan fingerprint density at radius 2 is 2.08 bits per heavy atom. The number of fused-ring (bicyclic) bond motifs is 1. The Morgan fingerprint density at radius 3 is 2.92 bits per heavy atom. The van der Waals surface area contributed by atoms with Crippen molar-refractivity contribution in [3.63, 3.8) is 0 Å². The number of rotatable bonds is 6. The highest BCUT2D eigenvalue weighted by atomic mass is 79.9. The van der Waals surface area contributed by atoms with Crippen LogP contribution in [0.25, 0.3) is 6.08 Å². The van der Waals surface area contributed by atoms with Crippen LogP contribution in [0.15, 0.2) is 56.7 Å². The standard InChI is InChI=1S/C21H17BrO3S/c22-16-11-21(26-13-16)20(23)9-8-17-6-7-19(25-17)12-24-18-5-4-14-2-1-3-15(14)10-18/h4-11,13H,1-3,12H2/b9-8+. The van der Waals surface area contributed by atoms with E-state index in [-0.39, 0.29) is 5.78 Å². The van der Waals surface area contributed by atoms with Crippen molar-refractivity contribution in [3.8, 4) is 5.75 Å².